The molecule has 0 amide bonds. The van der Waals surface area contributed by atoms with Crippen LogP contribution in [0.15, 0.2) is 0 Å². The van der Waals surface area contributed by atoms with Gasteiger partial charge < -0.3 is 14.4 Å². The van der Waals surface area contributed by atoms with Crippen molar-refractivity contribution in [3.8, 4) is 0 Å². The van der Waals surface area contributed by atoms with E-state index in [1.54, 1.807) is 7.11 Å². The summed E-state index contributed by atoms with van der Waals surface area (Å²) in [6.07, 6.45) is 4.21. The molecule has 0 aromatic heterocycles. The van der Waals surface area contributed by atoms with E-state index in [0.717, 1.165) is 45.2 Å². The van der Waals surface area contributed by atoms with Crippen molar-refractivity contribution in [3.05, 3.63) is 0 Å². The van der Waals surface area contributed by atoms with Gasteiger partial charge in [0.15, 0.2) is 0 Å². The lowest BCUT2D eigenvalue weighted by Gasteiger charge is -2.32. The predicted octanol–water partition coefficient (Wildman–Crippen LogP) is 1.71. The minimum absolute atomic E-state index is 0.0263. The molecule has 1 fully saturated rings. The topological polar surface area (TPSA) is 29.5 Å². The molecule has 0 aromatic rings. The van der Waals surface area contributed by atoms with E-state index in [1.807, 2.05) is 0 Å². The summed E-state index contributed by atoms with van der Waals surface area (Å²) in [6.45, 7) is 7.43. The molecule has 0 aromatic carbocycles. The number of hydrogen-bond donors (Lipinski definition) is 0. The van der Waals surface area contributed by atoms with Crippen LogP contribution in [0, 0.1) is 5.92 Å². The number of carbonyl (C=O) groups excluding carboxylic acids is 1. The molecule has 0 bridgehead atoms. The quantitative estimate of drug-likeness (QED) is 0.651. The van der Waals surface area contributed by atoms with E-state index >= 15 is 0 Å². The van der Waals surface area contributed by atoms with Crippen molar-refractivity contribution in [2.75, 3.05) is 26.7 Å². The fraction of sp³-hybridized carbons (Fsp3) is 0.917. The van der Waals surface area contributed by atoms with Gasteiger partial charge in [-0.3, -0.25) is 0 Å². The number of carbonyl (C=O) groups is 1. The maximum absolute atomic E-state index is 10.6. The van der Waals surface area contributed by atoms with Crippen LogP contribution in [0.25, 0.3) is 0 Å². The average Bonchev–Trinajstić information content (AvgIpc) is 2.27. The summed E-state index contributed by atoms with van der Waals surface area (Å²) in [6, 6.07) is 0. The minimum atomic E-state index is -0.0263. The molecule has 0 N–H and O–H groups in total. The Bertz CT molecular complexity index is 196. The zero-order valence-electron chi connectivity index (χ0n) is 10.2. The Labute approximate surface area is 92.8 Å². The molecule has 0 aliphatic carbocycles. The van der Waals surface area contributed by atoms with Crippen LogP contribution in [0.2, 0.25) is 0 Å². The fourth-order valence-electron chi connectivity index (χ4n) is 1.84. The van der Waals surface area contributed by atoms with Crippen LogP contribution in [0.1, 0.15) is 33.1 Å². The minimum Gasteiger partial charge on any atom is -0.379 e. The summed E-state index contributed by atoms with van der Waals surface area (Å²) in [5, 5.41) is 0. The average molecular weight is 213 g/mol. The van der Waals surface area contributed by atoms with Crippen LogP contribution >= 0.6 is 0 Å². The Morgan fingerprint density at radius 3 is 2.47 bits per heavy atom. The second kappa shape index (κ2) is 5.61. The first-order valence-corrected chi connectivity index (χ1v) is 5.80. The van der Waals surface area contributed by atoms with Crippen LogP contribution in [0.3, 0.4) is 0 Å². The van der Waals surface area contributed by atoms with Gasteiger partial charge in [0.05, 0.1) is 5.60 Å². The van der Waals surface area contributed by atoms with Crippen molar-refractivity contribution < 1.29 is 9.53 Å². The molecule has 0 saturated carbocycles. The van der Waals surface area contributed by atoms with Crippen molar-refractivity contribution in [2.45, 2.75) is 38.7 Å². The van der Waals surface area contributed by atoms with Crippen molar-refractivity contribution in [3.63, 3.8) is 0 Å². The number of ether oxygens (including phenoxy) is 1. The third-order valence-electron chi connectivity index (χ3n) is 3.41. The third kappa shape index (κ3) is 4.31. The second-order valence-corrected chi connectivity index (χ2v) is 5.03. The van der Waals surface area contributed by atoms with Gasteiger partial charge in [0.25, 0.3) is 0 Å². The van der Waals surface area contributed by atoms with Crippen molar-refractivity contribution in [1.82, 2.24) is 4.90 Å². The van der Waals surface area contributed by atoms with E-state index in [-0.39, 0.29) is 5.60 Å². The molecule has 1 heterocycles. The molecule has 1 saturated heterocycles. The molecule has 0 atom stereocenters. The van der Waals surface area contributed by atoms with E-state index in [1.165, 1.54) is 0 Å². The highest BCUT2D eigenvalue weighted by Gasteiger charge is 2.21. The monoisotopic (exact) mass is 213 g/mol. The van der Waals surface area contributed by atoms with Gasteiger partial charge in [-0.25, -0.2) is 0 Å². The molecule has 0 unspecified atom stereocenters. The number of likely N-dealkylation sites (tertiary alicyclic amines) is 1. The molecule has 3 nitrogen and oxygen atoms in total. The lowest BCUT2D eigenvalue weighted by Crippen LogP contribution is -2.38. The van der Waals surface area contributed by atoms with Crippen molar-refractivity contribution >= 4 is 6.29 Å². The number of aldehydes is 1. The van der Waals surface area contributed by atoms with Gasteiger partial charge in [0.1, 0.15) is 6.29 Å². The van der Waals surface area contributed by atoms with Crippen LogP contribution in [-0.2, 0) is 9.53 Å². The Morgan fingerprint density at radius 2 is 2.00 bits per heavy atom. The molecule has 0 radical (unpaired) electrons. The van der Waals surface area contributed by atoms with Crippen LogP contribution < -0.4 is 0 Å². The van der Waals surface area contributed by atoms with Crippen LogP contribution in [-0.4, -0.2) is 43.5 Å². The Hall–Kier alpha value is -0.410. The number of rotatable bonds is 5. The number of methoxy groups -OCH3 is 1. The Kier molecular flexibility index (Phi) is 4.74. The molecule has 15 heavy (non-hydrogen) atoms. The molecular weight excluding hydrogens is 190 g/mol. The predicted molar refractivity (Wildman–Crippen MR) is 60.9 cm³/mol. The molecule has 1 rings (SSSR count). The Balaban J connectivity index is 2.21. The Morgan fingerprint density at radius 1 is 1.40 bits per heavy atom. The van der Waals surface area contributed by atoms with Gasteiger partial charge in [-0.1, -0.05) is 0 Å². The van der Waals surface area contributed by atoms with Gasteiger partial charge in [0.2, 0.25) is 0 Å². The van der Waals surface area contributed by atoms with Gasteiger partial charge >= 0.3 is 0 Å². The highest BCUT2D eigenvalue weighted by Crippen LogP contribution is 2.18. The van der Waals surface area contributed by atoms with E-state index in [0.29, 0.717) is 5.92 Å². The molecule has 1 aliphatic rings. The zero-order valence-corrected chi connectivity index (χ0v) is 10.2. The maximum atomic E-state index is 10.6. The summed E-state index contributed by atoms with van der Waals surface area (Å²) >= 11 is 0. The highest BCUT2D eigenvalue weighted by molar-refractivity contribution is 5.53. The molecule has 0 spiro atoms. The smallest absolute Gasteiger partial charge is 0.123 e. The number of hydrogen-bond acceptors (Lipinski definition) is 3. The van der Waals surface area contributed by atoms with Gasteiger partial charge in [0, 0.05) is 19.6 Å². The van der Waals surface area contributed by atoms with E-state index in [2.05, 4.69) is 18.7 Å². The molecule has 1 aliphatic heterocycles. The van der Waals surface area contributed by atoms with Crippen LogP contribution in [0.5, 0.6) is 0 Å². The largest absolute Gasteiger partial charge is 0.379 e. The summed E-state index contributed by atoms with van der Waals surface area (Å²) in [7, 11) is 1.76. The molecule has 3 heteroatoms. The van der Waals surface area contributed by atoms with Crippen LogP contribution in [0.4, 0.5) is 0 Å². The van der Waals surface area contributed by atoms with Gasteiger partial charge in [-0.15, -0.1) is 0 Å². The lowest BCUT2D eigenvalue weighted by atomic mass is 9.97. The standard InChI is InChI=1S/C12H23NO2/c1-12(2,15-3)6-9-13-7-4-11(10-14)5-8-13/h10-11H,4-9H2,1-3H3. The van der Waals surface area contributed by atoms with Crippen molar-refractivity contribution in [1.29, 1.82) is 0 Å². The SMILES string of the molecule is COC(C)(C)CCN1CCC(C=O)CC1. The first kappa shape index (κ1) is 12.7. The summed E-state index contributed by atoms with van der Waals surface area (Å²) < 4.78 is 5.39. The summed E-state index contributed by atoms with van der Waals surface area (Å²) in [4.78, 5) is 13.0. The first-order chi connectivity index (χ1) is 7.07. The van der Waals surface area contributed by atoms with Crippen molar-refractivity contribution in [2.24, 2.45) is 5.92 Å². The summed E-state index contributed by atoms with van der Waals surface area (Å²) in [5.74, 6) is 0.302. The highest BCUT2D eigenvalue weighted by atomic mass is 16.5. The molecule has 88 valence electrons. The number of nitrogens with zero attached hydrogens (tertiary/aromatic N) is 1. The normalized spacial score (nSPS) is 20.5. The summed E-state index contributed by atoms with van der Waals surface area (Å²) in [5.41, 5.74) is -0.0263. The maximum Gasteiger partial charge on any atom is 0.123 e. The third-order valence-corrected chi connectivity index (χ3v) is 3.41. The van der Waals surface area contributed by atoms with Gasteiger partial charge in [-0.05, 0) is 46.2 Å². The fourth-order valence-corrected chi connectivity index (χ4v) is 1.84. The second-order valence-electron chi connectivity index (χ2n) is 5.03. The van der Waals surface area contributed by atoms with Gasteiger partial charge in [-0.2, -0.15) is 0 Å². The van der Waals surface area contributed by atoms with E-state index in [4.69, 9.17) is 4.74 Å². The van der Waals surface area contributed by atoms with E-state index < -0.39 is 0 Å². The lowest BCUT2D eigenvalue weighted by molar-refractivity contribution is -0.112. The van der Waals surface area contributed by atoms with E-state index in [9.17, 15) is 4.79 Å². The zero-order chi connectivity index (χ0) is 11.3. The first-order valence-electron chi connectivity index (χ1n) is 5.80. The number of piperidine rings is 1. The molecular formula is C12H23NO2.